The minimum Gasteiger partial charge on any atom is -0.377 e. The maximum absolute atomic E-state index is 12.6. The van der Waals surface area contributed by atoms with Crippen molar-refractivity contribution in [3.05, 3.63) is 51.7 Å². The zero-order valence-corrected chi connectivity index (χ0v) is 16.1. The van der Waals surface area contributed by atoms with Crippen molar-refractivity contribution in [3.63, 3.8) is 0 Å². The minimum atomic E-state index is -0.623. The van der Waals surface area contributed by atoms with Crippen molar-refractivity contribution >= 4 is 63.1 Å². The lowest BCUT2D eigenvalue weighted by Crippen LogP contribution is -2.31. The van der Waals surface area contributed by atoms with Gasteiger partial charge in [0.2, 0.25) is 11.8 Å². The second kappa shape index (κ2) is 8.03. The first-order valence-electron chi connectivity index (χ1n) is 7.66. The molecule has 2 N–H and O–H groups in total. The van der Waals surface area contributed by atoms with Gasteiger partial charge in [-0.2, -0.15) is 5.10 Å². The van der Waals surface area contributed by atoms with E-state index in [2.05, 4.69) is 10.2 Å². The third-order valence-electron chi connectivity index (χ3n) is 3.61. The summed E-state index contributed by atoms with van der Waals surface area (Å²) in [5.74, 6) is -0.625. The summed E-state index contributed by atoms with van der Waals surface area (Å²) in [7, 11) is 0. The van der Waals surface area contributed by atoms with Crippen LogP contribution >= 0.6 is 34.7 Å². The van der Waals surface area contributed by atoms with E-state index in [1.165, 1.54) is 0 Å². The van der Waals surface area contributed by atoms with E-state index in [-0.39, 0.29) is 23.4 Å². The maximum atomic E-state index is 12.6. The molecule has 26 heavy (non-hydrogen) atoms. The molecule has 0 unspecified atom stereocenters. The van der Waals surface area contributed by atoms with Gasteiger partial charge in [0.05, 0.1) is 16.3 Å². The van der Waals surface area contributed by atoms with Gasteiger partial charge < -0.3 is 5.73 Å². The molecule has 134 valence electrons. The Bertz CT molecular complexity index is 896. The third kappa shape index (κ3) is 4.14. The highest BCUT2D eigenvalue weighted by Crippen LogP contribution is 2.30. The number of nitrogens with zero attached hydrogens (tertiary/aromatic N) is 3. The molecule has 1 saturated heterocycles. The minimum absolute atomic E-state index is 0.0554. The Hall–Kier alpha value is -2.16. The molecular formula is C17H15ClN4O2S2. The molecule has 0 bridgehead atoms. The summed E-state index contributed by atoms with van der Waals surface area (Å²) in [4.78, 5) is 27.0. The quantitative estimate of drug-likeness (QED) is 0.364. The Morgan fingerprint density at radius 3 is 2.81 bits per heavy atom. The van der Waals surface area contributed by atoms with Crippen molar-refractivity contribution in [3.8, 4) is 0 Å². The Balaban J connectivity index is 1.71. The molecule has 6 nitrogen and oxygen atoms in total. The lowest BCUT2D eigenvalue weighted by atomic mass is 10.3. The fourth-order valence-corrected chi connectivity index (χ4v) is 4.08. The van der Waals surface area contributed by atoms with Crippen molar-refractivity contribution < 1.29 is 9.59 Å². The van der Waals surface area contributed by atoms with Gasteiger partial charge in [-0.15, -0.1) is 16.4 Å². The number of halogens is 1. The maximum Gasteiger partial charge on any atom is 0.247 e. The average Bonchev–Trinajstić information content (AvgIpc) is 3.22. The first kappa shape index (κ1) is 18.6. The summed E-state index contributed by atoms with van der Waals surface area (Å²) < 4.78 is 0. The van der Waals surface area contributed by atoms with Crippen molar-refractivity contribution in [1.29, 1.82) is 0 Å². The fraction of sp³-hybridized carbons (Fsp3) is 0.176. The number of amides is 2. The van der Waals surface area contributed by atoms with Crippen LogP contribution in [-0.4, -0.2) is 27.9 Å². The second-order valence-electron chi connectivity index (χ2n) is 5.46. The summed E-state index contributed by atoms with van der Waals surface area (Å²) in [6, 6.07) is 10.5. The number of amidine groups is 1. The molecule has 1 aliphatic rings. The van der Waals surface area contributed by atoms with Crippen molar-refractivity contribution in [2.45, 2.75) is 18.6 Å². The number of carbonyl (C=O) groups is 2. The van der Waals surface area contributed by atoms with Crippen LogP contribution in [0.5, 0.6) is 0 Å². The molecule has 1 fully saturated rings. The standard InChI is InChI=1S/C17H15ClN4O2S2/c1-10(13-6-3-7-25-13)20-21-17(19)26-14-9-15(23)22(16(14)24)12-5-2-4-11(18)8-12/h2-8,14H,9H2,1H3,(H2,19,21)/b20-10-/t14-/m0/s1. The summed E-state index contributed by atoms with van der Waals surface area (Å²) in [6.07, 6.45) is 0.0554. The molecule has 0 aliphatic carbocycles. The zero-order valence-electron chi connectivity index (χ0n) is 13.8. The third-order valence-corrected chi connectivity index (χ3v) is 5.80. The fourth-order valence-electron chi connectivity index (χ4n) is 2.41. The number of imide groups is 1. The van der Waals surface area contributed by atoms with Crippen molar-refractivity contribution in [1.82, 2.24) is 0 Å². The van der Waals surface area contributed by atoms with Crippen LogP contribution in [0.3, 0.4) is 0 Å². The predicted molar refractivity (Wildman–Crippen MR) is 108 cm³/mol. The molecule has 9 heteroatoms. The molecule has 2 amide bonds. The van der Waals surface area contributed by atoms with Crippen LogP contribution in [0.1, 0.15) is 18.2 Å². The van der Waals surface area contributed by atoms with Crippen LogP contribution in [0.15, 0.2) is 52.0 Å². The van der Waals surface area contributed by atoms with Crippen LogP contribution in [0, 0.1) is 0 Å². The van der Waals surface area contributed by atoms with E-state index in [1.54, 1.807) is 35.6 Å². The number of hydrogen-bond donors (Lipinski definition) is 1. The van der Waals surface area contributed by atoms with Crippen LogP contribution < -0.4 is 10.6 Å². The number of thioether (sulfide) groups is 1. The van der Waals surface area contributed by atoms with Crippen LogP contribution in [0.25, 0.3) is 0 Å². The van der Waals surface area contributed by atoms with Gasteiger partial charge in [0.1, 0.15) is 5.25 Å². The Kier molecular flexibility index (Phi) is 5.75. The van der Waals surface area contributed by atoms with Gasteiger partial charge in [-0.1, -0.05) is 35.5 Å². The molecule has 0 radical (unpaired) electrons. The zero-order chi connectivity index (χ0) is 18.7. The van der Waals surface area contributed by atoms with E-state index in [4.69, 9.17) is 17.3 Å². The molecule has 1 aromatic heterocycles. The number of rotatable bonds is 4. The topological polar surface area (TPSA) is 88.1 Å². The first-order chi connectivity index (χ1) is 12.5. The molecule has 0 spiro atoms. The monoisotopic (exact) mass is 406 g/mol. The molecular weight excluding hydrogens is 392 g/mol. The number of carbonyl (C=O) groups excluding carboxylic acids is 2. The molecule has 1 aromatic carbocycles. The van der Waals surface area contributed by atoms with E-state index in [0.717, 1.165) is 27.3 Å². The van der Waals surface area contributed by atoms with Gasteiger partial charge >= 0.3 is 0 Å². The van der Waals surface area contributed by atoms with Crippen LogP contribution in [0.2, 0.25) is 5.02 Å². The van der Waals surface area contributed by atoms with E-state index in [9.17, 15) is 9.59 Å². The molecule has 3 rings (SSSR count). The van der Waals surface area contributed by atoms with E-state index >= 15 is 0 Å². The first-order valence-corrected chi connectivity index (χ1v) is 9.80. The van der Waals surface area contributed by atoms with Gasteiger partial charge in [0.25, 0.3) is 0 Å². The molecule has 0 saturated carbocycles. The molecule has 1 aliphatic heterocycles. The van der Waals surface area contributed by atoms with Crippen LogP contribution in [0.4, 0.5) is 5.69 Å². The summed E-state index contributed by atoms with van der Waals surface area (Å²) >= 11 is 8.54. The lowest BCUT2D eigenvalue weighted by molar-refractivity contribution is -0.121. The predicted octanol–water partition coefficient (Wildman–Crippen LogP) is 3.51. The number of thiophene rings is 1. The van der Waals surface area contributed by atoms with E-state index < -0.39 is 5.25 Å². The van der Waals surface area contributed by atoms with E-state index in [0.29, 0.717) is 10.7 Å². The average molecular weight is 407 g/mol. The van der Waals surface area contributed by atoms with Gasteiger partial charge in [-0.3, -0.25) is 9.59 Å². The Labute approximate surface area is 163 Å². The van der Waals surface area contributed by atoms with Gasteiger partial charge in [-0.05, 0) is 36.6 Å². The largest absolute Gasteiger partial charge is 0.377 e. The smallest absolute Gasteiger partial charge is 0.247 e. The number of hydrogen-bond acceptors (Lipinski definition) is 6. The summed E-state index contributed by atoms with van der Waals surface area (Å²) in [5.41, 5.74) is 7.07. The van der Waals surface area contributed by atoms with Gasteiger partial charge in [0, 0.05) is 11.4 Å². The summed E-state index contributed by atoms with van der Waals surface area (Å²) in [6.45, 7) is 1.83. The van der Waals surface area contributed by atoms with E-state index in [1.807, 2.05) is 24.4 Å². The van der Waals surface area contributed by atoms with Gasteiger partial charge in [0.15, 0.2) is 5.17 Å². The molecule has 1 atom stereocenters. The highest BCUT2D eigenvalue weighted by molar-refractivity contribution is 8.14. The van der Waals surface area contributed by atoms with Crippen LogP contribution in [-0.2, 0) is 9.59 Å². The van der Waals surface area contributed by atoms with Gasteiger partial charge in [-0.25, -0.2) is 4.90 Å². The molecule has 2 heterocycles. The number of anilines is 1. The molecule has 2 aromatic rings. The number of nitrogens with two attached hydrogens (primary N) is 1. The normalized spacial score (nSPS) is 18.7. The second-order valence-corrected chi connectivity index (χ2v) is 8.07. The SMILES string of the molecule is C/C(=N/N=C(/N)S[C@H]1CC(=O)N(c2cccc(Cl)c2)C1=O)c1cccs1. The van der Waals surface area contributed by atoms with Crippen molar-refractivity contribution in [2.75, 3.05) is 4.90 Å². The number of benzene rings is 1. The Morgan fingerprint density at radius 2 is 2.12 bits per heavy atom. The lowest BCUT2D eigenvalue weighted by Gasteiger charge is -2.14. The highest BCUT2D eigenvalue weighted by atomic mass is 35.5. The van der Waals surface area contributed by atoms with Crippen molar-refractivity contribution in [2.24, 2.45) is 15.9 Å². The highest BCUT2D eigenvalue weighted by Gasteiger charge is 2.40. The Morgan fingerprint density at radius 1 is 1.31 bits per heavy atom. The summed E-state index contributed by atoms with van der Waals surface area (Å²) in [5, 5.41) is 9.97.